The van der Waals surface area contributed by atoms with Crippen LogP contribution in [0.4, 0.5) is 4.79 Å². The Morgan fingerprint density at radius 2 is 1.69 bits per heavy atom. The molecule has 0 bridgehead atoms. The van der Waals surface area contributed by atoms with E-state index < -0.39 is 29.9 Å². The number of amides is 3. The lowest BCUT2D eigenvalue weighted by Gasteiger charge is -2.29. The Morgan fingerprint density at radius 1 is 1.00 bits per heavy atom. The minimum atomic E-state index is -0.757. The fraction of sp³-hybridized carbons (Fsp3) is 0.308. The first kappa shape index (κ1) is 24.0. The molecule has 0 saturated carbocycles. The van der Waals surface area contributed by atoms with Crippen LogP contribution in [0.2, 0.25) is 0 Å². The van der Waals surface area contributed by atoms with Gasteiger partial charge in [-0.25, -0.2) is 9.59 Å². The predicted molar refractivity (Wildman–Crippen MR) is 125 cm³/mol. The van der Waals surface area contributed by atoms with E-state index in [0.29, 0.717) is 12.1 Å². The molecule has 0 aliphatic carbocycles. The van der Waals surface area contributed by atoms with Crippen LogP contribution in [0.25, 0.3) is 0 Å². The van der Waals surface area contributed by atoms with Crippen molar-refractivity contribution >= 4 is 23.9 Å². The van der Waals surface area contributed by atoms with Gasteiger partial charge < -0.3 is 25.0 Å². The highest BCUT2D eigenvalue weighted by molar-refractivity contribution is 5.95. The summed E-state index contributed by atoms with van der Waals surface area (Å²) in [6.45, 7) is 2.17. The molecule has 35 heavy (non-hydrogen) atoms. The number of likely N-dealkylation sites (tertiary alicyclic amines) is 1. The van der Waals surface area contributed by atoms with Crippen LogP contribution < -0.4 is 10.6 Å². The molecule has 0 spiro atoms. The number of urea groups is 1. The molecule has 182 valence electrons. The number of rotatable bonds is 8. The van der Waals surface area contributed by atoms with Gasteiger partial charge in [0, 0.05) is 19.5 Å². The molecule has 2 N–H and O–H groups in total. The van der Waals surface area contributed by atoms with Crippen molar-refractivity contribution < 1.29 is 28.7 Å². The Kier molecular flexibility index (Phi) is 7.45. The summed E-state index contributed by atoms with van der Waals surface area (Å²) >= 11 is 0. The van der Waals surface area contributed by atoms with Gasteiger partial charge in [0.15, 0.2) is 0 Å². The summed E-state index contributed by atoms with van der Waals surface area (Å²) in [4.78, 5) is 52.0. The number of nitrogens with one attached hydrogen (secondary N) is 2. The Hall–Kier alpha value is -4.14. The minimum Gasteiger partial charge on any atom is -0.463 e. The third kappa shape index (κ3) is 5.68. The Bertz CT molecular complexity index is 1130. The van der Waals surface area contributed by atoms with E-state index in [1.165, 1.54) is 0 Å². The van der Waals surface area contributed by atoms with Gasteiger partial charge in [-0.1, -0.05) is 60.7 Å². The zero-order valence-electron chi connectivity index (χ0n) is 19.4. The molecule has 2 aliphatic rings. The SMILES string of the molecule is CCOC(=O)C1=C(COC(=O)C2CC(=O)N(Cc3ccccc3)C2)NC(=O)NC1c1ccccc1. The fourth-order valence-corrected chi connectivity index (χ4v) is 4.23. The largest absolute Gasteiger partial charge is 0.463 e. The number of carbonyl (C=O) groups excluding carboxylic acids is 4. The maximum absolute atomic E-state index is 12.8. The first-order valence-corrected chi connectivity index (χ1v) is 11.5. The molecule has 0 aromatic heterocycles. The van der Waals surface area contributed by atoms with Crippen LogP contribution in [0.1, 0.15) is 30.5 Å². The van der Waals surface area contributed by atoms with Crippen molar-refractivity contribution in [3.63, 3.8) is 0 Å². The monoisotopic (exact) mass is 477 g/mol. The smallest absolute Gasteiger partial charge is 0.338 e. The van der Waals surface area contributed by atoms with Crippen molar-refractivity contribution in [1.29, 1.82) is 0 Å². The van der Waals surface area contributed by atoms with Crippen molar-refractivity contribution in [3.8, 4) is 0 Å². The maximum Gasteiger partial charge on any atom is 0.338 e. The minimum absolute atomic E-state index is 0.0516. The molecule has 1 saturated heterocycles. The van der Waals surface area contributed by atoms with Crippen LogP contribution in [-0.4, -0.2) is 48.5 Å². The highest BCUT2D eigenvalue weighted by atomic mass is 16.5. The third-order valence-electron chi connectivity index (χ3n) is 5.90. The highest BCUT2D eigenvalue weighted by Crippen LogP contribution is 2.28. The van der Waals surface area contributed by atoms with Gasteiger partial charge in [-0.3, -0.25) is 9.59 Å². The summed E-state index contributed by atoms with van der Waals surface area (Å²) in [6.07, 6.45) is 0.0516. The Morgan fingerprint density at radius 3 is 2.37 bits per heavy atom. The normalized spacial score (nSPS) is 19.7. The van der Waals surface area contributed by atoms with E-state index >= 15 is 0 Å². The van der Waals surface area contributed by atoms with E-state index in [-0.39, 0.29) is 43.4 Å². The van der Waals surface area contributed by atoms with Gasteiger partial charge in [0.2, 0.25) is 5.91 Å². The van der Waals surface area contributed by atoms with Crippen molar-refractivity contribution in [2.24, 2.45) is 5.92 Å². The molecule has 2 heterocycles. The molecule has 4 rings (SSSR count). The van der Waals surface area contributed by atoms with Crippen LogP contribution >= 0.6 is 0 Å². The number of benzene rings is 2. The molecule has 3 amide bonds. The second-order valence-electron chi connectivity index (χ2n) is 8.32. The molecule has 2 aliphatic heterocycles. The molecule has 9 nitrogen and oxygen atoms in total. The number of hydrogen-bond acceptors (Lipinski definition) is 6. The van der Waals surface area contributed by atoms with E-state index in [2.05, 4.69) is 10.6 Å². The molecule has 2 aromatic carbocycles. The second kappa shape index (κ2) is 10.9. The van der Waals surface area contributed by atoms with Crippen molar-refractivity contribution in [2.75, 3.05) is 19.8 Å². The van der Waals surface area contributed by atoms with Crippen molar-refractivity contribution in [2.45, 2.75) is 25.9 Å². The van der Waals surface area contributed by atoms with Gasteiger partial charge in [-0.2, -0.15) is 0 Å². The first-order valence-electron chi connectivity index (χ1n) is 11.5. The topological polar surface area (TPSA) is 114 Å². The number of nitrogens with zero attached hydrogens (tertiary/aromatic N) is 1. The summed E-state index contributed by atoms with van der Waals surface area (Å²) in [5.41, 5.74) is 1.98. The van der Waals surface area contributed by atoms with Crippen molar-refractivity contribution in [3.05, 3.63) is 83.1 Å². The molecular weight excluding hydrogens is 450 g/mol. The van der Waals surface area contributed by atoms with E-state index in [1.807, 2.05) is 36.4 Å². The van der Waals surface area contributed by atoms with Gasteiger partial charge in [-0.05, 0) is 18.1 Å². The molecule has 2 atom stereocenters. The Labute approximate surface area is 203 Å². The molecule has 1 fully saturated rings. The quantitative estimate of drug-likeness (QED) is 0.565. The number of ether oxygens (including phenoxy) is 2. The molecular formula is C26H27N3O6. The zero-order valence-corrected chi connectivity index (χ0v) is 19.4. The van der Waals surface area contributed by atoms with E-state index in [1.54, 1.807) is 36.1 Å². The zero-order chi connectivity index (χ0) is 24.8. The molecule has 0 radical (unpaired) electrons. The number of carbonyl (C=O) groups is 4. The van der Waals surface area contributed by atoms with Crippen LogP contribution in [0.5, 0.6) is 0 Å². The van der Waals surface area contributed by atoms with Crippen LogP contribution in [0, 0.1) is 5.92 Å². The summed E-state index contributed by atoms with van der Waals surface area (Å²) in [5.74, 6) is -1.93. The summed E-state index contributed by atoms with van der Waals surface area (Å²) in [5, 5.41) is 5.30. The van der Waals surface area contributed by atoms with Gasteiger partial charge in [0.05, 0.1) is 29.8 Å². The molecule has 2 aromatic rings. The van der Waals surface area contributed by atoms with E-state index in [9.17, 15) is 19.2 Å². The summed E-state index contributed by atoms with van der Waals surface area (Å²) < 4.78 is 10.7. The fourth-order valence-electron chi connectivity index (χ4n) is 4.23. The van der Waals surface area contributed by atoms with E-state index in [4.69, 9.17) is 9.47 Å². The lowest BCUT2D eigenvalue weighted by Crippen LogP contribution is -2.47. The number of esters is 2. The molecule has 2 unspecified atom stereocenters. The highest BCUT2D eigenvalue weighted by Gasteiger charge is 2.37. The van der Waals surface area contributed by atoms with Crippen LogP contribution in [-0.2, 0) is 30.4 Å². The van der Waals surface area contributed by atoms with Crippen molar-refractivity contribution in [1.82, 2.24) is 15.5 Å². The second-order valence-corrected chi connectivity index (χ2v) is 8.32. The average molecular weight is 478 g/mol. The van der Waals surface area contributed by atoms with E-state index in [0.717, 1.165) is 5.56 Å². The lowest BCUT2D eigenvalue weighted by molar-refractivity contribution is -0.148. The van der Waals surface area contributed by atoms with Gasteiger partial charge in [-0.15, -0.1) is 0 Å². The van der Waals surface area contributed by atoms with Gasteiger partial charge >= 0.3 is 18.0 Å². The van der Waals surface area contributed by atoms with Crippen LogP contribution in [0.15, 0.2) is 71.9 Å². The maximum atomic E-state index is 12.8. The number of hydrogen-bond donors (Lipinski definition) is 2. The predicted octanol–water partition coefficient (Wildman–Crippen LogP) is 2.45. The van der Waals surface area contributed by atoms with Crippen LogP contribution in [0.3, 0.4) is 0 Å². The lowest BCUT2D eigenvalue weighted by atomic mass is 9.95. The molecule has 9 heteroatoms. The van der Waals surface area contributed by atoms with Gasteiger partial charge in [0.1, 0.15) is 6.61 Å². The van der Waals surface area contributed by atoms with Gasteiger partial charge in [0.25, 0.3) is 0 Å². The summed E-state index contributed by atoms with van der Waals surface area (Å²) in [6, 6.07) is 17.2. The Balaban J connectivity index is 1.48. The standard InChI is InChI=1S/C26H27N3O6/c1-2-34-25(32)22-20(27-26(33)28-23(22)18-11-7-4-8-12-18)16-35-24(31)19-13-21(30)29(15-19)14-17-9-5-3-6-10-17/h3-12,19,23H,2,13-16H2,1H3,(H2,27,28,33). The summed E-state index contributed by atoms with van der Waals surface area (Å²) in [7, 11) is 0. The first-order chi connectivity index (χ1) is 17.0. The average Bonchev–Trinajstić information content (AvgIpc) is 3.23. The third-order valence-corrected chi connectivity index (χ3v) is 5.90.